The normalized spacial score (nSPS) is 34.9. The second-order valence-electron chi connectivity index (χ2n) is 7.61. The van der Waals surface area contributed by atoms with Gasteiger partial charge in [-0.15, -0.1) is 0 Å². The summed E-state index contributed by atoms with van der Waals surface area (Å²) in [7, 11) is 0. The van der Waals surface area contributed by atoms with E-state index in [-0.39, 0.29) is 17.2 Å². The first-order valence-corrected chi connectivity index (χ1v) is 8.65. The van der Waals surface area contributed by atoms with Crippen molar-refractivity contribution in [1.82, 2.24) is 5.32 Å². The first-order chi connectivity index (χ1) is 11.0. The van der Waals surface area contributed by atoms with E-state index in [4.69, 9.17) is 9.47 Å². The van der Waals surface area contributed by atoms with E-state index in [2.05, 4.69) is 31.3 Å². The van der Waals surface area contributed by atoms with Crippen LogP contribution in [0.15, 0.2) is 30.3 Å². The third-order valence-electron chi connectivity index (χ3n) is 6.46. The van der Waals surface area contributed by atoms with E-state index in [1.54, 1.807) is 0 Å². The summed E-state index contributed by atoms with van der Waals surface area (Å²) in [5.41, 5.74) is 0.446. The number of amides is 1. The quantitative estimate of drug-likeness (QED) is 0.866. The maximum atomic E-state index is 13.0. The van der Waals surface area contributed by atoms with Gasteiger partial charge in [0.1, 0.15) is 0 Å². The fourth-order valence-corrected chi connectivity index (χ4v) is 5.29. The van der Waals surface area contributed by atoms with Gasteiger partial charge in [-0.1, -0.05) is 44.2 Å². The summed E-state index contributed by atoms with van der Waals surface area (Å²) in [4.78, 5) is 13.0. The van der Waals surface area contributed by atoms with Gasteiger partial charge < -0.3 is 14.8 Å². The molecule has 1 aromatic rings. The van der Waals surface area contributed by atoms with Gasteiger partial charge in [-0.3, -0.25) is 4.79 Å². The fraction of sp³-hybridized carbons (Fsp3) is 0.632. The number of hydrogen-bond acceptors (Lipinski definition) is 3. The van der Waals surface area contributed by atoms with Gasteiger partial charge in [0.05, 0.1) is 18.6 Å². The summed E-state index contributed by atoms with van der Waals surface area (Å²) < 4.78 is 12.2. The van der Waals surface area contributed by atoms with Crippen molar-refractivity contribution in [2.24, 2.45) is 11.3 Å². The molecule has 0 aromatic heterocycles. The smallest absolute Gasteiger partial charge is 0.230 e. The Labute approximate surface area is 137 Å². The van der Waals surface area contributed by atoms with E-state index in [1.165, 1.54) is 0 Å². The van der Waals surface area contributed by atoms with E-state index in [9.17, 15) is 4.79 Å². The average molecular weight is 315 g/mol. The topological polar surface area (TPSA) is 47.6 Å². The van der Waals surface area contributed by atoms with Crippen LogP contribution in [0.1, 0.15) is 38.7 Å². The van der Waals surface area contributed by atoms with E-state index < -0.39 is 11.2 Å². The van der Waals surface area contributed by atoms with Crippen LogP contribution in [-0.4, -0.2) is 31.5 Å². The van der Waals surface area contributed by atoms with Crippen molar-refractivity contribution < 1.29 is 14.3 Å². The molecule has 0 unspecified atom stereocenters. The molecule has 1 aromatic carbocycles. The highest BCUT2D eigenvalue weighted by Crippen LogP contribution is 2.61. The lowest BCUT2D eigenvalue weighted by molar-refractivity contribution is -0.275. The zero-order valence-corrected chi connectivity index (χ0v) is 13.9. The molecule has 1 N–H and O–H groups in total. The molecular weight excluding hydrogens is 290 g/mol. The second-order valence-corrected chi connectivity index (χ2v) is 7.61. The molecule has 2 heterocycles. The molecule has 1 aliphatic carbocycles. The number of piperidine rings is 1. The Morgan fingerprint density at radius 2 is 1.78 bits per heavy atom. The van der Waals surface area contributed by atoms with Crippen LogP contribution in [0.5, 0.6) is 0 Å². The van der Waals surface area contributed by atoms with Gasteiger partial charge in [0, 0.05) is 18.4 Å². The molecule has 1 amide bonds. The van der Waals surface area contributed by atoms with E-state index in [0.717, 1.165) is 31.4 Å². The Bertz CT molecular complexity index is 606. The third kappa shape index (κ3) is 1.88. The summed E-state index contributed by atoms with van der Waals surface area (Å²) in [5, 5.41) is 3.12. The number of rotatable bonds is 1. The Balaban J connectivity index is 1.85. The van der Waals surface area contributed by atoms with Crippen LogP contribution < -0.4 is 5.32 Å². The second kappa shape index (κ2) is 5.05. The van der Waals surface area contributed by atoms with Crippen LogP contribution in [0.2, 0.25) is 0 Å². The van der Waals surface area contributed by atoms with Crippen LogP contribution in [0.4, 0.5) is 0 Å². The first kappa shape index (κ1) is 15.2. The standard InChI is InChI=1S/C19H25NO3/c1-17(2)15-8-11-20-16(21)18(15,14-6-4-3-5-7-14)9-10-19(17)22-12-13-23-19/h3-7,15H,8-13H2,1-2H3,(H,20,21)/t15-,18+/m0/s1. The van der Waals surface area contributed by atoms with Gasteiger partial charge in [-0.2, -0.15) is 0 Å². The van der Waals surface area contributed by atoms with Gasteiger partial charge in [0.2, 0.25) is 5.91 Å². The molecule has 2 aliphatic heterocycles. The maximum Gasteiger partial charge on any atom is 0.230 e. The molecule has 124 valence electrons. The molecule has 1 spiro atoms. The van der Waals surface area contributed by atoms with Crippen LogP contribution in [-0.2, 0) is 19.7 Å². The Kier molecular flexibility index (Phi) is 3.33. The van der Waals surface area contributed by atoms with Crippen molar-refractivity contribution in [3.63, 3.8) is 0 Å². The summed E-state index contributed by atoms with van der Waals surface area (Å²) in [6.07, 6.45) is 2.50. The van der Waals surface area contributed by atoms with Crippen molar-refractivity contribution in [1.29, 1.82) is 0 Å². The van der Waals surface area contributed by atoms with Crippen LogP contribution >= 0.6 is 0 Å². The molecule has 4 heteroatoms. The molecule has 4 nitrogen and oxygen atoms in total. The van der Waals surface area contributed by atoms with Gasteiger partial charge in [-0.25, -0.2) is 0 Å². The largest absolute Gasteiger partial charge is 0.355 e. The molecule has 4 rings (SSSR count). The Hall–Kier alpha value is -1.39. The minimum atomic E-state index is -0.534. The van der Waals surface area contributed by atoms with Gasteiger partial charge in [0.15, 0.2) is 5.79 Å². The van der Waals surface area contributed by atoms with Crippen molar-refractivity contribution >= 4 is 5.91 Å². The highest BCUT2D eigenvalue weighted by molar-refractivity contribution is 5.89. The van der Waals surface area contributed by atoms with Crippen molar-refractivity contribution in [2.45, 2.75) is 44.3 Å². The summed E-state index contributed by atoms with van der Waals surface area (Å²) >= 11 is 0. The van der Waals surface area contributed by atoms with Crippen LogP contribution in [0, 0.1) is 11.3 Å². The number of carbonyl (C=O) groups excluding carboxylic acids is 1. The van der Waals surface area contributed by atoms with Gasteiger partial charge in [0.25, 0.3) is 0 Å². The summed E-state index contributed by atoms with van der Waals surface area (Å²) in [6.45, 7) is 6.48. The Morgan fingerprint density at radius 3 is 2.48 bits per heavy atom. The number of nitrogens with one attached hydrogen (secondary N) is 1. The highest BCUT2D eigenvalue weighted by atomic mass is 16.7. The van der Waals surface area contributed by atoms with Crippen molar-refractivity contribution in [3.05, 3.63) is 35.9 Å². The van der Waals surface area contributed by atoms with Crippen LogP contribution in [0.3, 0.4) is 0 Å². The predicted octanol–water partition coefficient (Wildman–Crippen LogP) is 2.62. The summed E-state index contributed by atoms with van der Waals surface area (Å²) in [6, 6.07) is 10.3. The minimum absolute atomic E-state index is 0.167. The Morgan fingerprint density at radius 1 is 1.09 bits per heavy atom. The lowest BCUT2D eigenvalue weighted by Crippen LogP contribution is -2.67. The minimum Gasteiger partial charge on any atom is -0.355 e. The predicted molar refractivity (Wildman–Crippen MR) is 86.9 cm³/mol. The molecular formula is C19H25NO3. The maximum absolute atomic E-state index is 13.0. The molecule has 0 radical (unpaired) electrons. The van der Waals surface area contributed by atoms with E-state index >= 15 is 0 Å². The van der Waals surface area contributed by atoms with Gasteiger partial charge >= 0.3 is 0 Å². The SMILES string of the molecule is CC1(C)[C@@H]2CCNC(=O)[C@@]2(c2ccccc2)CCC12OCCO2. The number of benzene rings is 1. The molecule has 0 bridgehead atoms. The number of hydrogen-bond donors (Lipinski definition) is 1. The average Bonchev–Trinajstić information content (AvgIpc) is 3.04. The number of fused-ring (bicyclic) bond motifs is 1. The van der Waals surface area contributed by atoms with Crippen LogP contribution in [0.25, 0.3) is 0 Å². The highest BCUT2D eigenvalue weighted by Gasteiger charge is 2.66. The molecule has 3 aliphatic rings. The molecule has 23 heavy (non-hydrogen) atoms. The molecule has 3 fully saturated rings. The zero-order chi connectivity index (χ0) is 16.1. The lowest BCUT2D eigenvalue weighted by atomic mass is 9.49. The molecule has 2 atom stereocenters. The first-order valence-electron chi connectivity index (χ1n) is 8.65. The monoisotopic (exact) mass is 315 g/mol. The zero-order valence-electron chi connectivity index (χ0n) is 13.9. The van der Waals surface area contributed by atoms with E-state index in [0.29, 0.717) is 13.2 Å². The van der Waals surface area contributed by atoms with Crippen molar-refractivity contribution in [2.75, 3.05) is 19.8 Å². The number of ether oxygens (including phenoxy) is 2. The van der Waals surface area contributed by atoms with E-state index in [1.807, 2.05) is 18.2 Å². The fourth-order valence-electron chi connectivity index (χ4n) is 5.29. The third-order valence-corrected chi connectivity index (χ3v) is 6.46. The summed E-state index contributed by atoms with van der Waals surface area (Å²) in [5.74, 6) is -0.160. The molecule has 1 saturated carbocycles. The molecule has 2 saturated heterocycles. The lowest BCUT2D eigenvalue weighted by Gasteiger charge is -2.60. The van der Waals surface area contributed by atoms with Crippen molar-refractivity contribution in [3.8, 4) is 0 Å². The number of carbonyl (C=O) groups is 1. The van der Waals surface area contributed by atoms with Gasteiger partial charge in [-0.05, 0) is 24.3 Å².